The van der Waals surface area contributed by atoms with E-state index in [0.717, 1.165) is 55.6 Å². The Labute approximate surface area is 230 Å². The molecule has 0 saturated carbocycles. The largest absolute Gasteiger partial charge is 0.369 e. The SMILES string of the molecule is CNC/C(=C/C=C(\C)c1ccnc(Nc2ccc(N3CCN(CC4CCN(C)CC4)CC3)cc2)n1)C(C)C. The molecule has 0 atom stereocenters. The fourth-order valence-electron chi connectivity index (χ4n) is 5.30. The zero-order valence-corrected chi connectivity index (χ0v) is 24.1. The smallest absolute Gasteiger partial charge is 0.227 e. The Bertz CT molecular complexity index is 1060. The molecule has 7 heteroatoms. The molecule has 4 rings (SSSR count). The van der Waals surface area contributed by atoms with Crippen molar-refractivity contribution < 1.29 is 0 Å². The van der Waals surface area contributed by atoms with Gasteiger partial charge in [0.05, 0.1) is 5.69 Å². The van der Waals surface area contributed by atoms with Crippen LogP contribution in [0.3, 0.4) is 0 Å². The summed E-state index contributed by atoms with van der Waals surface area (Å²) in [5.74, 6) is 1.99. The maximum atomic E-state index is 4.76. The first-order valence-electron chi connectivity index (χ1n) is 14.3. The molecule has 206 valence electrons. The molecular weight excluding hydrogens is 470 g/mol. The van der Waals surface area contributed by atoms with Gasteiger partial charge in [0.1, 0.15) is 0 Å². The zero-order chi connectivity index (χ0) is 26.9. The van der Waals surface area contributed by atoms with Crippen LogP contribution in [0.5, 0.6) is 0 Å². The molecule has 38 heavy (non-hydrogen) atoms. The van der Waals surface area contributed by atoms with Crippen LogP contribution in [0.25, 0.3) is 5.57 Å². The van der Waals surface area contributed by atoms with Crippen LogP contribution >= 0.6 is 0 Å². The van der Waals surface area contributed by atoms with Gasteiger partial charge in [-0.3, -0.25) is 4.90 Å². The van der Waals surface area contributed by atoms with Crippen LogP contribution in [-0.2, 0) is 0 Å². The van der Waals surface area contributed by atoms with Gasteiger partial charge in [-0.2, -0.15) is 0 Å². The van der Waals surface area contributed by atoms with Crippen molar-refractivity contribution in [3.05, 3.63) is 59.9 Å². The molecule has 0 radical (unpaired) electrons. The van der Waals surface area contributed by atoms with E-state index in [9.17, 15) is 0 Å². The summed E-state index contributed by atoms with van der Waals surface area (Å²) in [5, 5.41) is 6.64. The molecular formula is C31H47N7. The van der Waals surface area contributed by atoms with Gasteiger partial charge in [-0.05, 0) is 94.7 Å². The molecule has 1 aromatic carbocycles. The molecule has 0 bridgehead atoms. The number of likely N-dealkylation sites (N-methyl/N-ethyl adjacent to an activating group) is 1. The van der Waals surface area contributed by atoms with Crippen molar-refractivity contribution in [2.75, 3.05) is 76.7 Å². The summed E-state index contributed by atoms with van der Waals surface area (Å²) < 4.78 is 0. The summed E-state index contributed by atoms with van der Waals surface area (Å²) in [4.78, 5) is 16.8. The Kier molecular flexibility index (Phi) is 10.3. The van der Waals surface area contributed by atoms with Gasteiger partial charge in [0.15, 0.2) is 0 Å². The van der Waals surface area contributed by atoms with Crippen LogP contribution in [-0.4, -0.2) is 86.2 Å². The number of anilines is 3. The summed E-state index contributed by atoms with van der Waals surface area (Å²) in [7, 11) is 4.23. The van der Waals surface area contributed by atoms with Crippen LogP contribution < -0.4 is 15.5 Å². The number of nitrogens with one attached hydrogen (secondary N) is 2. The summed E-state index contributed by atoms with van der Waals surface area (Å²) in [6.07, 6.45) is 8.88. The third-order valence-electron chi connectivity index (χ3n) is 7.94. The van der Waals surface area contributed by atoms with E-state index in [-0.39, 0.29) is 0 Å². The minimum absolute atomic E-state index is 0.505. The third-order valence-corrected chi connectivity index (χ3v) is 7.94. The molecule has 2 aliphatic rings. The van der Waals surface area contributed by atoms with Gasteiger partial charge in [0.25, 0.3) is 0 Å². The quantitative estimate of drug-likeness (QED) is 0.435. The maximum Gasteiger partial charge on any atom is 0.227 e. The maximum absolute atomic E-state index is 4.76. The molecule has 1 aromatic heterocycles. The van der Waals surface area contributed by atoms with Gasteiger partial charge >= 0.3 is 0 Å². The van der Waals surface area contributed by atoms with Crippen LogP contribution in [0.2, 0.25) is 0 Å². The monoisotopic (exact) mass is 517 g/mol. The van der Waals surface area contributed by atoms with E-state index in [1.54, 1.807) is 0 Å². The van der Waals surface area contributed by atoms with Crippen molar-refractivity contribution in [3.63, 3.8) is 0 Å². The number of benzene rings is 1. The fraction of sp³-hybridized carbons (Fsp3) is 0.548. The average molecular weight is 518 g/mol. The predicted octanol–water partition coefficient (Wildman–Crippen LogP) is 4.89. The number of nitrogens with zero attached hydrogens (tertiary/aromatic N) is 5. The Morgan fingerprint density at radius 1 is 1.00 bits per heavy atom. The van der Waals surface area contributed by atoms with Gasteiger partial charge in [-0.1, -0.05) is 31.6 Å². The fourth-order valence-corrected chi connectivity index (χ4v) is 5.30. The molecule has 2 saturated heterocycles. The van der Waals surface area contributed by atoms with Crippen LogP contribution in [0, 0.1) is 11.8 Å². The molecule has 2 aliphatic heterocycles. The topological polar surface area (TPSA) is 59.6 Å². The Morgan fingerprint density at radius 2 is 1.71 bits per heavy atom. The number of allylic oxidation sites excluding steroid dienone is 3. The highest BCUT2D eigenvalue weighted by atomic mass is 15.3. The second kappa shape index (κ2) is 13.9. The first-order valence-corrected chi connectivity index (χ1v) is 14.3. The number of piperazine rings is 1. The van der Waals surface area contributed by atoms with E-state index in [1.807, 2.05) is 19.3 Å². The molecule has 2 N–H and O–H groups in total. The summed E-state index contributed by atoms with van der Waals surface area (Å²) in [6, 6.07) is 10.7. The minimum Gasteiger partial charge on any atom is -0.369 e. The highest BCUT2D eigenvalue weighted by Crippen LogP contribution is 2.23. The Hall–Kier alpha value is -2.74. The van der Waals surface area contributed by atoms with Crippen molar-refractivity contribution in [1.82, 2.24) is 25.1 Å². The van der Waals surface area contributed by atoms with Gasteiger partial charge in [0.2, 0.25) is 5.95 Å². The normalized spacial score (nSPS) is 18.8. The lowest BCUT2D eigenvalue weighted by atomic mass is 9.96. The molecule has 0 aliphatic carbocycles. The standard InChI is InChI=1S/C31H47N7/c1-24(2)27(22-32-4)7-6-25(3)30-12-15-33-31(35-30)34-28-8-10-29(11-9-28)38-20-18-37(19-21-38)23-26-13-16-36(5)17-14-26/h6-12,15,24,26,32H,13-14,16-23H2,1-5H3,(H,33,34,35)/b25-6+,27-7-. The highest BCUT2D eigenvalue weighted by Gasteiger charge is 2.23. The first kappa shape index (κ1) is 28.3. The molecule has 2 fully saturated rings. The van der Waals surface area contributed by atoms with Crippen molar-refractivity contribution in [1.29, 1.82) is 0 Å². The first-order chi connectivity index (χ1) is 18.4. The molecule has 0 spiro atoms. The molecule has 2 aromatic rings. The molecule has 0 amide bonds. The second-order valence-electron chi connectivity index (χ2n) is 11.2. The summed E-state index contributed by atoms with van der Waals surface area (Å²) in [6.45, 7) is 15.7. The van der Waals surface area contributed by atoms with E-state index >= 15 is 0 Å². The van der Waals surface area contributed by atoms with E-state index in [0.29, 0.717) is 11.9 Å². The van der Waals surface area contributed by atoms with Gasteiger partial charge in [-0.25, -0.2) is 9.97 Å². The van der Waals surface area contributed by atoms with Gasteiger partial charge < -0.3 is 20.4 Å². The summed E-state index contributed by atoms with van der Waals surface area (Å²) >= 11 is 0. The summed E-state index contributed by atoms with van der Waals surface area (Å²) in [5.41, 5.74) is 5.72. The Balaban J connectivity index is 1.30. The number of hydrogen-bond acceptors (Lipinski definition) is 7. The van der Waals surface area contributed by atoms with Crippen molar-refractivity contribution >= 4 is 22.9 Å². The minimum atomic E-state index is 0.505. The number of likely N-dealkylation sites (tertiary alicyclic amines) is 1. The van der Waals surface area contributed by atoms with Crippen molar-refractivity contribution in [2.24, 2.45) is 11.8 Å². The van der Waals surface area contributed by atoms with E-state index in [2.05, 4.69) is 94.6 Å². The lowest BCUT2D eigenvalue weighted by Gasteiger charge is -2.39. The number of rotatable bonds is 10. The number of hydrogen-bond donors (Lipinski definition) is 2. The van der Waals surface area contributed by atoms with Crippen molar-refractivity contribution in [2.45, 2.75) is 33.6 Å². The molecule has 3 heterocycles. The molecule has 0 unspecified atom stereocenters. The zero-order valence-electron chi connectivity index (χ0n) is 24.1. The van der Waals surface area contributed by atoms with Gasteiger partial charge in [0, 0.05) is 56.8 Å². The predicted molar refractivity (Wildman–Crippen MR) is 161 cm³/mol. The highest BCUT2D eigenvalue weighted by molar-refractivity contribution is 5.65. The number of piperidine rings is 1. The Morgan fingerprint density at radius 3 is 2.37 bits per heavy atom. The lowest BCUT2D eigenvalue weighted by molar-refractivity contribution is 0.155. The van der Waals surface area contributed by atoms with Gasteiger partial charge in [-0.15, -0.1) is 0 Å². The average Bonchev–Trinajstić information content (AvgIpc) is 2.93. The van der Waals surface area contributed by atoms with E-state index < -0.39 is 0 Å². The van der Waals surface area contributed by atoms with Crippen molar-refractivity contribution in [3.8, 4) is 0 Å². The molecule has 7 nitrogen and oxygen atoms in total. The van der Waals surface area contributed by atoms with E-state index in [1.165, 1.54) is 43.7 Å². The third kappa shape index (κ3) is 8.13. The lowest BCUT2D eigenvalue weighted by Crippen LogP contribution is -2.48. The second-order valence-corrected chi connectivity index (χ2v) is 11.2. The van der Waals surface area contributed by atoms with E-state index in [4.69, 9.17) is 4.98 Å². The number of aromatic nitrogens is 2. The van der Waals surface area contributed by atoms with Crippen LogP contribution in [0.15, 0.2) is 54.3 Å². The van der Waals surface area contributed by atoms with Crippen LogP contribution in [0.1, 0.15) is 39.3 Å². The van der Waals surface area contributed by atoms with Crippen LogP contribution in [0.4, 0.5) is 17.3 Å².